The number of allylic oxidation sites excluding steroid dienone is 1. The number of hydrogen-bond acceptors (Lipinski definition) is 5. The zero-order chi connectivity index (χ0) is 25.0. The van der Waals surface area contributed by atoms with E-state index in [0.717, 1.165) is 22.3 Å². The topological polar surface area (TPSA) is 72.9 Å². The molecular weight excluding hydrogens is 454 g/mol. The molecule has 0 radical (unpaired) electrons. The van der Waals surface area contributed by atoms with Crippen LogP contribution in [0.4, 0.5) is 5.69 Å². The number of esters is 1. The second kappa shape index (κ2) is 8.48. The largest absolute Gasteiger partial charge is 0.494 e. The molecule has 1 fully saturated rings. The van der Waals surface area contributed by atoms with Crippen molar-refractivity contribution in [2.45, 2.75) is 19.8 Å². The van der Waals surface area contributed by atoms with Crippen molar-refractivity contribution in [1.29, 1.82) is 0 Å². The summed E-state index contributed by atoms with van der Waals surface area (Å²) in [5.74, 6) is -2.77. The first-order valence-corrected chi connectivity index (χ1v) is 12.2. The smallest absolute Gasteiger partial charge is 0.319 e. The van der Waals surface area contributed by atoms with Crippen molar-refractivity contribution in [2.24, 2.45) is 17.8 Å². The number of amides is 2. The highest BCUT2D eigenvalue weighted by Gasteiger charge is 2.60. The molecule has 6 nitrogen and oxygen atoms in total. The predicted molar refractivity (Wildman–Crippen MR) is 135 cm³/mol. The highest BCUT2D eigenvalue weighted by Crippen LogP contribution is 2.54. The summed E-state index contributed by atoms with van der Waals surface area (Å²) >= 11 is 0. The van der Waals surface area contributed by atoms with Gasteiger partial charge in [-0.2, -0.15) is 0 Å². The molecule has 6 heteroatoms. The third-order valence-corrected chi connectivity index (χ3v) is 7.34. The maximum absolute atomic E-state index is 13.9. The van der Waals surface area contributed by atoms with E-state index in [1.165, 1.54) is 4.90 Å². The van der Waals surface area contributed by atoms with Gasteiger partial charge in [0.1, 0.15) is 11.5 Å². The fourth-order valence-electron chi connectivity index (χ4n) is 5.78. The first-order valence-electron chi connectivity index (χ1n) is 12.2. The molecule has 2 aliphatic heterocycles. The summed E-state index contributed by atoms with van der Waals surface area (Å²) in [4.78, 5) is 42.4. The van der Waals surface area contributed by atoms with Gasteiger partial charge in [0.2, 0.25) is 11.8 Å². The van der Waals surface area contributed by atoms with Crippen LogP contribution in [0.2, 0.25) is 0 Å². The monoisotopic (exact) mass is 479 g/mol. The number of anilines is 1. The summed E-state index contributed by atoms with van der Waals surface area (Å²) in [6.07, 6.45) is 2.00. The molecule has 0 N–H and O–H groups in total. The van der Waals surface area contributed by atoms with E-state index in [1.807, 2.05) is 68.5 Å². The number of imide groups is 1. The third kappa shape index (κ3) is 3.36. The van der Waals surface area contributed by atoms with E-state index in [0.29, 0.717) is 23.8 Å². The highest BCUT2D eigenvalue weighted by molar-refractivity contribution is 6.24. The number of hydrogen-bond donors (Lipinski definition) is 0. The molecule has 2 heterocycles. The van der Waals surface area contributed by atoms with Gasteiger partial charge in [0.25, 0.3) is 0 Å². The minimum atomic E-state index is -0.851. The van der Waals surface area contributed by atoms with Crippen LogP contribution in [0.3, 0.4) is 0 Å². The van der Waals surface area contributed by atoms with Crippen LogP contribution >= 0.6 is 0 Å². The molecule has 3 aromatic rings. The third-order valence-electron chi connectivity index (χ3n) is 7.34. The fraction of sp³-hybridized carbons (Fsp3) is 0.233. The number of carbonyl (C=O) groups excluding carboxylic acids is 3. The fourth-order valence-corrected chi connectivity index (χ4v) is 5.78. The lowest BCUT2D eigenvalue weighted by atomic mass is 9.64. The van der Waals surface area contributed by atoms with Crippen molar-refractivity contribution in [2.75, 3.05) is 11.5 Å². The van der Waals surface area contributed by atoms with Crippen LogP contribution in [0.1, 0.15) is 29.5 Å². The van der Waals surface area contributed by atoms with Gasteiger partial charge in [0.05, 0.1) is 30.0 Å². The number of rotatable bonds is 4. The Hall–Kier alpha value is -4.19. The van der Waals surface area contributed by atoms with Crippen LogP contribution in [0, 0.1) is 24.7 Å². The van der Waals surface area contributed by atoms with Gasteiger partial charge < -0.3 is 9.47 Å². The zero-order valence-corrected chi connectivity index (χ0v) is 20.0. The van der Waals surface area contributed by atoms with Crippen molar-refractivity contribution in [3.05, 3.63) is 95.6 Å². The van der Waals surface area contributed by atoms with Gasteiger partial charge in [-0.15, -0.1) is 0 Å². The van der Waals surface area contributed by atoms with Crippen molar-refractivity contribution >= 4 is 29.0 Å². The summed E-state index contributed by atoms with van der Waals surface area (Å²) < 4.78 is 11.2. The first kappa shape index (κ1) is 22.3. The van der Waals surface area contributed by atoms with Crippen LogP contribution in [-0.4, -0.2) is 24.4 Å². The van der Waals surface area contributed by atoms with E-state index < -0.39 is 23.7 Å². The Kier molecular flexibility index (Phi) is 5.25. The Labute approximate surface area is 209 Å². The van der Waals surface area contributed by atoms with Crippen LogP contribution in [0.15, 0.2) is 78.9 Å². The quantitative estimate of drug-likeness (QED) is 0.302. The summed E-state index contributed by atoms with van der Waals surface area (Å²) in [6.45, 7) is 4.35. The van der Waals surface area contributed by atoms with E-state index in [-0.39, 0.29) is 17.7 Å². The van der Waals surface area contributed by atoms with Crippen molar-refractivity contribution in [3.63, 3.8) is 0 Å². The van der Waals surface area contributed by atoms with Crippen LogP contribution < -0.4 is 14.4 Å². The van der Waals surface area contributed by atoms with E-state index in [2.05, 4.69) is 0 Å². The maximum Gasteiger partial charge on any atom is 0.319 e. The Morgan fingerprint density at radius 2 is 1.61 bits per heavy atom. The van der Waals surface area contributed by atoms with E-state index in [4.69, 9.17) is 9.47 Å². The molecule has 3 aromatic carbocycles. The summed E-state index contributed by atoms with van der Waals surface area (Å²) in [5.41, 5.74) is 3.93. The second-order valence-corrected chi connectivity index (χ2v) is 9.45. The van der Waals surface area contributed by atoms with E-state index >= 15 is 0 Å². The lowest BCUT2D eigenvalue weighted by Crippen LogP contribution is -2.42. The molecule has 6 rings (SSSR count). The highest BCUT2D eigenvalue weighted by atomic mass is 16.5. The maximum atomic E-state index is 13.9. The molecule has 1 aliphatic carbocycles. The van der Waals surface area contributed by atoms with Crippen molar-refractivity contribution in [3.8, 4) is 11.5 Å². The standard InChI is InChI=1S/C30H25NO5/c1-3-35-20-12-10-19(11-13-20)31-28(32)25-22(18-7-5-4-6-8-18)16-23-21-14-9-17(2)15-24(21)36-30(34)26(23)27(25)29(31)33/h4-16,22,25-27H,3H2,1-2H3/t22-,25+,26+,27-/m0/s1. The summed E-state index contributed by atoms with van der Waals surface area (Å²) in [6, 6.07) is 22.3. The van der Waals surface area contributed by atoms with Gasteiger partial charge in [-0.1, -0.05) is 48.5 Å². The van der Waals surface area contributed by atoms with Gasteiger partial charge in [-0.05, 0) is 60.9 Å². The van der Waals surface area contributed by atoms with Gasteiger partial charge in [0, 0.05) is 11.5 Å². The van der Waals surface area contributed by atoms with Gasteiger partial charge in [-0.25, -0.2) is 4.90 Å². The lowest BCUT2D eigenvalue weighted by molar-refractivity contribution is -0.142. The Morgan fingerprint density at radius 3 is 2.33 bits per heavy atom. The van der Waals surface area contributed by atoms with Gasteiger partial charge >= 0.3 is 5.97 Å². The second-order valence-electron chi connectivity index (χ2n) is 9.45. The normalized spacial score (nSPS) is 24.4. The molecule has 0 aromatic heterocycles. The SMILES string of the molecule is CCOc1ccc(N2C(=O)[C@@H]3[C@@H]4C(=O)Oc5cc(C)ccc5C4=C[C@@H](c4ccccc4)[C@H]3C2=O)cc1. The number of aryl methyl sites for hydroxylation is 1. The first-order chi connectivity index (χ1) is 17.5. The summed E-state index contributed by atoms with van der Waals surface area (Å²) in [5, 5.41) is 0. The van der Waals surface area contributed by atoms with Crippen LogP contribution in [-0.2, 0) is 14.4 Å². The zero-order valence-electron chi connectivity index (χ0n) is 20.0. The number of carbonyl (C=O) groups is 3. The van der Waals surface area contributed by atoms with Crippen molar-refractivity contribution in [1.82, 2.24) is 0 Å². The van der Waals surface area contributed by atoms with Gasteiger partial charge in [0.15, 0.2) is 0 Å². The average molecular weight is 480 g/mol. The molecule has 36 heavy (non-hydrogen) atoms. The number of benzene rings is 3. The Balaban J connectivity index is 1.50. The Bertz CT molecular complexity index is 1410. The Morgan fingerprint density at radius 1 is 0.889 bits per heavy atom. The molecule has 0 unspecified atom stereocenters. The van der Waals surface area contributed by atoms with Crippen LogP contribution in [0.5, 0.6) is 11.5 Å². The molecule has 0 bridgehead atoms. The minimum Gasteiger partial charge on any atom is -0.494 e. The van der Waals surface area contributed by atoms with Crippen LogP contribution in [0.25, 0.3) is 5.57 Å². The predicted octanol–water partition coefficient (Wildman–Crippen LogP) is 4.92. The molecule has 3 aliphatic rings. The molecule has 4 atom stereocenters. The molecule has 180 valence electrons. The molecule has 0 saturated carbocycles. The minimum absolute atomic E-state index is 0.305. The number of nitrogens with zero attached hydrogens (tertiary/aromatic N) is 1. The van der Waals surface area contributed by atoms with E-state index in [1.54, 1.807) is 24.3 Å². The molecular formula is C30H25NO5. The molecule has 1 saturated heterocycles. The number of fused-ring (bicyclic) bond motifs is 5. The average Bonchev–Trinajstić information content (AvgIpc) is 3.14. The lowest BCUT2D eigenvalue weighted by Gasteiger charge is -2.38. The van der Waals surface area contributed by atoms with E-state index in [9.17, 15) is 14.4 Å². The molecule has 0 spiro atoms. The number of ether oxygens (including phenoxy) is 2. The summed E-state index contributed by atoms with van der Waals surface area (Å²) in [7, 11) is 0. The molecule has 2 amide bonds. The van der Waals surface area contributed by atoms with Gasteiger partial charge in [-0.3, -0.25) is 14.4 Å². The van der Waals surface area contributed by atoms with Crippen molar-refractivity contribution < 1.29 is 23.9 Å².